The Morgan fingerprint density at radius 3 is 2.90 bits per heavy atom. The van der Waals surface area contributed by atoms with Crippen LogP contribution in [0, 0.1) is 0 Å². The molecule has 0 bridgehead atoms. The van der Waals surface area contributed by atoms with Crippen LogP contribution < -0.4 is 4.90 Å². The Morgan fingerprint density at radius 2 is 2.50 bits per heavy atom. The lowest BCUT2D eigenvalue weighted by Crippen LogP contribution is -2.14. The van der Waals surface area contributed by atoms with E-state index < -0.39 is 0 Å². The lowest BCUT2D eigenvalue weighted by atomic mass is 10.7. The Balaban J connectivity index is 2.74. The molecule has 0 radical (unpaired) electrons. The van der Waals surface area contributed by atoms with Gasteiger partial charge in [0.25, 0.3) is 0 Å². The summed E-state index contributed by atoms with van der Waals surface area (Å²) in [6.45, 7) is 3.11. The average Bonchev–Trinajstić information content (AvgIpc) is 2.34. The van der Waals surface area contributed by atoms with E-state index in [1.165, 1.54) is 0 Å². The molecule has 56 valence electrons. The summed E-state index contributed by atoms with van der Waals surface area (Å²) in [6.07, 6.45) is 1.83. The fraction of sp³-hybridized carbons (Fsp3) is 0.500. The van der Waals surface area contributed by atoms with Gasteiger partial charge >= 0.3 is 0 Å². The van der Waals surface area contributed by atoms with Gasteiger partial charge in [0, 0.05) is 13.6 Å². The molecular formula is C6H9BrN2S. The van der Waals surface area contributed by atoms with Crippen molar-refractivity contribution in [3.8, 4) is 0 Å². The van der Waals surface area contributed by atoms with Gasteiger partial charge in [0.2, 0.25) is 0 Å². The van der Waals surface area contributed by atoms with Crippen LogP contribution in [0.5, 0.6) is 0 Å². The highest BCUT2D eigenvalue weighted by atomic mass is 79.9. The second-order valence-corrected chi connectivity index (χ2v) is 4.35. The number of aromatic nitrogens is 1. The Kier molecular flexibility index (Phi) is 2.68. The first kappa shape index (κ1) is 8.01. The molecule has 1 heterocycles. The third-order valence-electron chi connectivity index (χ3n) is 1.27. The van der Waals surface area contributed by atoms with Gasteiger partial charge in [-0.25, -0.2) is 4.98 Å². The van der Waals surface area contributed by atoms with Crippen molar-refractivity contribution in [3.05, 3.63) is 9.98 Å². The minimum atomic E-state index is 1.000. The van der Waals surface area contributed by atoms with Crippen LogP contribution in [0.2, 0.25) is 0 Å². The number of anilines is 1. The van der Waals surface area contributed by atoms with Crippen LogP contribution in [-0.2, 0) is 0 Å². The predicted molar refractivity (Wildman–Crippen MR) is 48.8 cm³/mol. The highest BCUT2D eigenvalue weighted by Crippen LogP contribution is 2.25. The lowest BCUT2D eigenvalue weighted by molar-refractivity contribution is 0.958. The van der Waals surface area contributed by atoms with E-state index in [2.05, 4.69) is 32.7 Å². The number of thiazole rings is 1. The number of hydrogen-bond acceptors (Lipinski definition) is 3. The topological polar surface area (TPSA) is 16.1 Å². The molecule has 0 saturated heterocycles. The van der Waals surface area contributed by atoms with Crippen LogP contribution >= 0.6 is 27.3 Å². The van der Waals surface area contributed by atoms with E-state index >= 15 is 0 Å². The Labute approximate surface area is 73.0 Å². The summed E-state index contributed by atoms with van der Waals surface area (Å²) < 4.78 is 1.09. The SMILES string of the molecule is CCN(C)c1ncc(Br)s1. The molecule has 0 aliphatic heterocycles. The van der Waals surface area contributed by atoms with Gasteiger partial charge in [-0.1, -0.05) is 11.3 Å². The first-order valence-electron chi connectivity index (χ1n) is 3.06. The third kappa shape index (κ3) is 1.70. The molecule has 0 unspecified atom stereocenters. The van der Waals surface area contributed by atoms with E-state index in [9.17, 15) is 0 Å². The Bertz CT molecular complexity index is 211. The van der Waals surface area contributed by atoms with Gasteiger partial charge in [-0.15, -0.1) is 0 Å². The highest BCUT2D eigenvalue weighted by Gasteiger charge is 2.01. The molecule has 0 aliphatic rings. The molecule has 0 atom stereocenters. The molecule has 0 aromatic carbocycles. The second kappa shape index (κ2) is 3.34. The molecule has 0 aliphatic carbocycles. The first-order valence-corrected chi connectivity index (χ1v) is 4.67. The predicted octanol–water partition coefficient (Wildman–Crippen LogP) is 2.36. The van der Waals surface area contributed by atoms with Crippen molar-refractivity contribution < 1.29 is 0 Å². The van der Waals surface area contributed by atoms with E-state index in [4.69, 9.17) is 0 Å². The van der Waals surface area contributed by atoms with Gasteiger partial charge in [0.1, 0.15) is 0 Å². The highest BCUT2D eigenvalue weighted by molar-refractivity contribution is 9.11. The van der Waals surface area contributed by atoms with Crippen LogP contribution in [0.1, 0.15) is 6.92 Å². The molecule has 2 nitrogen and oxygen atoms in total. The molecule has 1 aromatic heterocycles. The van der Waals surface area contributed by atoms with E-state index in [0.717, 1.165) is 15.5 Å². The maximum absolute atomic E-state index is 4.18. The fourth-order valence-electron chi connectivity index (χ4n) is 0.558. The van der Waals surface area contributed by atoms with Crippen molar-refractivity contribution in [2.45, 2.75) is 6.92 Å². The molecule has 0 saturated carbocycles. The molecule has 0 N–H and O–H groups in total. The maximum Gasteiger partial charge on any atom is 0.186 e. The molecule has 10 heavy (non-hydrogen) atoms. The summed E-state index contributed by atoms with van der Waals surface area (Å²) in [5.74, 6) is 0. The third-order valence-corrected chi connectivity index (χ3v) is 2.86. The minimum Gasteiger partial charge on any atom is -0.351 e. The van der Waals surface area contributed by atoms with Crippen LogP contribution in [0.25, 0.3) is 0 Å². The van der Waals surface area contributed by atoms with Gasteiger partial charge in [-0.3, -0.25) is 0 Å². The smallest absolute Gasteiger partial charge is 0.186 e. The number of nitrogens with zero attached hydrogens (tertiary/aromatic N) is 2. The minimum absolute atomic E-state index is 1.000. The van der Waals surface area contributed by atoms with Crippen LogP contribution in [0.15, 0.2) is 9.98 Å². The van der Waals surface area contributed by atoms with Crippen LogP contribution in [-0.4, -0.2) is 18.6 Å². The lowest BCUT2D eigenvalue weighted by Gasteiger charge is -2.10. The average molecular weight is 221 g/mol. The van der Waals surface area contributed by atoms with Crippen molar-refractivity contribution in [2.75, 3.05) is 18.5 Å². The van der Waals surface area contributed by atoms with Crippen LogP contribution in [0.4, 0.5) is 5.13 Å². The summed E-state index contributed by atoms with van der Waals surface area (Å²) in [5, 5.41) is 1.06. The molecule has 1 aromatic rings. The molecule has 0 spiro atoms. The normalized spacial score (nSPS) is 9.90. The molecule has 1 rings (SSSR count). The van der Waals surface area contributed by atoms with Gasteiger partial charge in [-0.2, -0.15) is 0 Å². The molecule has 0 amide bonds. The summed E-state index contributed by atoms with van der Waals surface area (Å²) in [7, 11) is 2.03. The van der Waals surface area contributed by atoms with Crippen molar-refractivity contribution in [1.29, 1.82) is 0 Å². The van der Waals surface area contributed by atoms with Crippen LogP contribution in [0.3, 0.4) is 0 Å². The summed E-state index contributed by atoms with van der Waals surface area (Å²) in [6, 6.07) is 0. The zero-order valence-corrected chi connectivity index (χ0v) is 8.37. The summed E-state index contributed by atoms with van der Waals surface area (Å²) in [4.78, 5) is 6.29. The Morgan fingerprint density at radius 1 is 1.80 bits per heavy atom. The molecule has 4 heteroatoms. The van der Waals surface area contributed by atoms with Crippen molar-refractivity contribution >= 4 is 32.4 Å². The number of hydrogen-bond donors (Lipinski definition) is 0. The van der Waals surface area contributed by atoms with E-state index in [1.807, 2.05) is 13.2 Å². The van der Waals surface area contributed by atoms with Gasteiger partial charge in [0.05, 0.1) is 9.98 Å². The van der Waals surface area contributed by atoms with Gasteiger partial charge < -0.3 is 4.90 Å². The summed E-state index contributed by atoms with van der Waals surface area (Å²) in [5.41, 5.74) is 0. The number of rotatable bonds is 2. The first-order chi connectivity index (χ1) is 4.74. The fourth-order valence-corrected chi connectivity index (χ4v) is 1.76. The van der Waals surface area contributed by atoms with Crippen molar-refractivity contribution in [2.24, 2.45) is 0 Å². The summed E-state index contributed by atoms with van der Waals surface area (Å²) >= 11 is 5.01. The monoisotopic (exact) mass is 220 g/mol. The van der Waals surface area contributed by atoms with Gasteiger partial charge in [0.15, 0.2) is 5.13 Å². The van der Waals surface area contributed by atoms with Crippen molar-refractivity contribution in [3.63, 3.8) is 0 Å². The van der Waals surface area contributed by atoms with E-state index in [0.29, 0.717) is 0 Å². The Hall–Kier alpha value is -0.0900. The largest absolute Gasteiger partial charge is 0.351 e. The number of halogens is 1. The van der Waals surface area contributed by atoms with Gasteiger partial charge in [-0.05, 0) is 22.9 Å². The zero-order valence-electron chi connectivity index (χ0n) is 5.97. The molecular weight excluding hydrogens is 212 g/mol. The zero-order chi connectivity index (χ0) is 7.56. The van der Waals surface area contributed by atoms with Crippen molar-refractivity contribution in [1.82, 2.24) is 4.98 Å². The maximum atomic E-state index is 4.18. The quantitative estimate of drug-likeness (QED) is 0.762. The van der Waals surface area contributed by atoms with E-state index in [-0.39, 0.29) is 0 Å². The van der Waals surface area contributed by atoms with E-state index in [1.54, 1.807) is 11.3 Å². The standard InChI is InChI=1S/C6H9BrN2S/c1-3-9(2)6-8-4-5(7)10-6/h4H,3H2,1-2H3. The second-order valence-electron chi connectivity index (χ2n) is 1.96. The molecule has 0 fully saturated rings.